The molecule has 1 unspecified atom stereocenters. The number of carbonyl (C=O) groups is 1. The summed E-state index contributed by atoms with van der Waals surface area (Å²) in [5.74, 6) is -0.0955. The fraction of sp³-hybridized carbons (Fsp3) is 0.889. The first-order valence-corrected chi connectivity index (χ1v) is 4.92. The van der Waals surface area contributed by atoms with Gasteiger partial charge >= 0.3 is 5.97 Å². The standard InChI is InChI=1S/C9H18N2O2/c1-2-13-9(12)7-8-3-4-10-5-6-11-8/h8,10-11H,2-7H2,1H3. The Kier molecular flexibility index (Phi) is 4.78. The fourth-order valence-electron chi connectivity index (χ4n) is 1.46. The van der Waals surface area contributed by atoms with Crippen LogP contribution in [0.2, 0.25) is 0 Å². The van der Waals surface area contributed by atoms with Crippen LogP contribution in [0.3, 0.4) is 0 Å². The van der Waals surface area contributed by atoms with Gasteiger partial charge in [-0.15, -0.1) is 0 Å². The van der Waals surface area contributed by atoms with Crippen LogP contribution >= 0.6 is 0 Å². The van der Waals surface area contributed by atoms with E-state index >= 15 is 0 Å². The maximum Gasteiger partial charge on any atom is 0.307 e. The maximum absolute atomic E-state index is 11.1. The van der Waals surface area contributed by atoms with Crippen molar-refractivity contribution >= 4 is 5.97 Å². The Hall–Kier alpha value is -0.610. The summed E-state index contributed by atoms with van der Waals surface area (Å²) in [5.41, 5.74) is 0. The summed E-state index contributed by atoms with van der Waals surface area (Å²) in [5, 5.41) is 6.58. The molecule has 0 aromatic heterocycles. The van der Waals surface area contributed by atoms with Gasteiger partial charge in [0.15, 0.2) is 0 Å². The molecule has 0 bridgehead atoms. The van der Waals surface area contributed by atoms with Crippen molar-refractivity contribution in [1.82, 2.24) is 10.6 Å². The maximum atomic E-state index is 11.1. The molecule has 76 valence electrons. The van der Waals surface area contributed by atoms with E-state index in [4.69, 9.17) is 4.74 Å². The number of hydrogen-bond acceptors (Lipinski definition) is 4. The summed E-state index contributed by atoms with van der Waals surface area (Å²) in [7, 11) is 0. The molecule has 0 radical (unpaired) electrons. The first-order chi connectivity index (χ1) is 6.33. The highest BCUT2D eigenvalue weighted by Gasteiger charge is 2.15. The SMILES string of the molecule is CCOC(=O)CC1CCNCCN1. The van der Waals surface area contributed by atoms with E-state index in [9.17, 15) is 4.79 Å². The molecule has 1 saturated heterocycles. The van der Waals surface area contributed by atoms with Gasteiger partial charge in [0.1, 0.15) is 0 Å². The largest absolute Gasteiger partial charge is 0.466 e. The van der Waals surface area contributed by atoms with E-state index in [1.165, 1.54) is 0 Å². The third kappa shape index (κ3) is 4.24. The van der Waals surface area contributed by atoms with Crippen LogP contribution in [0.1, 0.15) is 19.8 Å². The number of nitrogens with one attached hydrogen (secondary N) is 2. The molecule has 1 fully saturated rings. The Morgan fingerprint density at radius 2 is 2.31 bits per heavy atom. The lowest BCUT2D eigenvalue weighted by Gasteiger charge is -2.13. The highest BCUT2D eigenvalue weighted by molar-refractivity contribution is 5.70. The molecule has 0 saturated carbocycles. The van der Waals surface area contributed by atoms with Crippen molar-refractivity contribution in [2.75, 3.05) is 26.2 Å². The van der Waals surface area contributed by atoms with Gasteiger partial charge in [0.25, 0.3) is 0 Å². The zero-order valence-corrected chi connectivity index (χ0v) is 8.14. The molecule has 0 aromatic rings. The lowest BCUT2D eigenvalue weighted by atomic mass is 10.1. The van der Waals surface area contributed by atoms with Crippen molar-refractivity contribution < 1.29 is 9.53 Å². The number of ether oxygens (including phenoxy) is 1. The lowest BCUT2D eigenvalue weighted by molar-refractivity contribution is -0.143. The molecular weight excluding hydrogens is 168 g/mol. The van der Waals surface area contributed by atoms with E-state index < -0.39 is 0 Å². The van der Waals surface area contributed by atoms with Gasteiger partial charge in [-0.3, -0.25) is 4.79 Å². The summed E-state index contributed by atoms with van der Waals surface area (Å²) < 4.78 is 4.89. The molecule has 1 atom stereocenters. The van der Waals surface area contributed by atoms with Crippen LogP contribution < -0.4 is 10.6 Å². The Balaban J connectivity index is 2.21. The molecular formula is C9H18N2O2. The summed E-state index contributed by atoms with van der Waals surface area (Å²) in [6, 6.07) is 0.286. The topological polar surface area (TPSA) is 50.4 Å². The molecule has 1 aliphatic heterocycles. The van der Waals surface area contributed by atoms with Gasteiger partial charge in [-0.25, -0.2) is 0 Å². The van der Waals surface area contributed by atoms with E-state index in [0.29, 0.717) is 13.0 Å². The Morgan fingerprint density at radius 3 is 3.08 bits per heavy atom. The molecule has 0 spiro atoms. The van der Waals surface area contributed by atoms with E-state index in [2.05, 4.69) is 10.6 Å². The van der Waals surface area contributed by atoms with E-state index in [1.807, 2.05) is 6.92 Å². The minimum Gasteiger partial charge on any atom is -0.466 e. The van der Waals surface area contributed by atoms with Gasteiger partial charge in [0.2, 0.25) is 0 Å². The zero-order valence-electron chi connectivity index (χ0n) is 8.14. The van der Waals surface area contributed by atoms with Crippen LogP contribution in [0.4, 0.5) is 0 Å². The number of rotatable bonds is 3. The second-order valence-electron chi connectivity index (χ2n) is 3.20. The van der Waals surface area contributed by atoms with Crippen LogP contribution in [-0.2, 0) is 9.53 Å². The molecule has 4 nitrogen and oxygen atoms in total. The summed E-state index contributed by atoms with van der Waals surface area (Å²) in [6.07, 6.45) is 1.49. The quantitative estimate of drug-likeness (QED) is 0.604. The van der Waals surface area contributed by atoms with Crippen LogP contribution in [0.5, 0.6) is 0 Å². The van der Waals surface area contributed by atoms with Gasteiger partial charge in [-0.1, -0.05) is 0 Å². The smallest absolute Gasteiger partial charge is 0.307 e. The van der Waals surface area contributed by atoms with Gasteiger partial charge in [-0.05, 0) is 19.9 Å². The highest BCUT2D eigenvalue weighted by Crippen LogP contribution is 2.01. The number of esters is 1. The Bertz CT molecular complexity index is 154. The van der Waals surface area contributed by atoms with Crippen molar-refractivity contribution in [3.63, 3.8) is 0 Å². The molecule has 0 aromatic carbocycles. The van der Waals surface area contributed by atoms with E-state index in [1.54, 1.807) is 0 Å². The van der Waals surface area contributed by atoms with Gasteiger partial charge in [-0.2, -0.15) is 0 Å². The summed E-state index contributed by atoms with van der Waals surface area (Å²) in [4.78, 5) is 11.1. The van der Waals surface area contributed by atoms with Crippen molar-refractivity contribution in [2.45, 2.75) is 25.8 Å². The minimum absolute atomic E-state index is 0.0955. The second-order valence-corrected chi connectivity index (χ2v) is 3.20. The van der Waals surface area contributed by atoms with Gasteiger partial charge < -0.3 is 15.4 Å². The Labute approximate surface area is 79.0 Å². The third-order valence-corrected chi connectivity index (χ3v) is 2.12. The monoisotopic (exact) mass is 186 g/mol. The van der Waals surface area contributed by atoms with Crippen LogP contribution in [-0.4, -0.2) is 38.3 Å². The van der Waals surface area contributed by atoms with Crippen LogP contribution in [0.15, 0.2) is 0 Å². The molecule has 13 heavy (non-hydrogen) atoms. The third-order valence-electron chi connectivity index (χ3n) is 2.12. The molecule has 2 N–H and O–H groups in total. The summed E-state index contributed by atoms with van der Waals surface area (Å²) >= 11 is 0. The normalized spacial score (nSPS) is 23.6. The molecule has 1 rings (SSSR count). The van der Waals surface area contributed by atoms with E-state index in [0.717, 1.165) is 26.1 Å². The van der Waals surface area contributed by atoms with Gasteiger partial charge in [0, 0.05) is 19.1 Å². The second kappa shape index (κ2) is 5.94. The van der Waals surface area contributed by atoms with Crippen molar-refractivity contribution in [2.24, 2.45) is 0 Å². The van der Waals surface area contributed by atoms with Crippen LogP contribution in [0, 0.1) is 0 Å². The Morgan fingerprint density at radius 1 is 1.46 bits per heavy atom. The molecule has 1 heterocycles. The zero-order chi connectivity index (χ0) is 9.52. The number of hydrogen-bond donors (Lipinski definition) is 2. The molecule has 0 amide bonds. The van der Waals surface area contributed by atoms with Crippen molar-refractivity contribution in [3.8, 4) is 0 Å². The average molecular weight is 186 g/mol. The van der Waals surface area contributed by atoms with Crippen molar-refractivity contribution in [3.05, 3.63) is 0 Å². The molecule has 4 heteroatoms. The van der Waals surface area contributed by atoms with Crippen molar-refractivity contribution in [1.29, 1.82) is 0 Å². The molecule has 1 aliphatic rings. The minimum atomic E-state index is -0.0955. The predicted octanol–water partition coefficient (Wildman–Crippen LogP) is -0.109. The summed E-state index contributed by atoms with van der Waals surface area (Å²) in [6.45, 7) is 5.21. The van der Waals surface area contributed by atoms with E-state index in [-0.39, 0.29) is 12.0 Å². The van der Waals surface area contributed by atoms with Gasteiger partial charge in [0.05, 0.1) is 13.0 Å². The predicted molar refractivity (Wildman–Crippen MR) is 50.5 cm³/mol. The fourth-order valence-corrected chi connectivity index (χ4v) is 1.46. The average Bonchev–Trinajstić information content (AvgIpc) is 2.33. The van der Waals surface area contributed by atoms with Crippen LogP contribution in [0.25, 0.3) is 0 Å². The highest BCUT2D eigenvalue weighted by atomic mass is 16.5. The number of carbonyl (C=O) groups excluding carboxylic acids is 1. The first kappa shape index (κ1) is 10.5. The molecule has 0 aliphatic carbocycles. The first-order valence-electron chi connectivity index (χ1n) is 4.92. The lowest BCUT2D eigenvalue weighted by Crippen LogP contribution is -2.32.